The Balaban J connectivity index is 2.23. The lowest BCUT2D eigenvalue weighted by atomic mass is 10.2. The minimum Gasteiger partial charge on any atom is -0.468 e. The highest BCUT2D eigenvalue weighted by Gasteiger charge is 2.24. The maximum atomic E-state index is 12.3. The molecule has 0 aliphatic rings. The summed E-state index contributed by atoms with van der Waals surface area (Å²) in [6.07, 6.45) is 1.53. The summed E-state index contributed by atoms with van der Waals surface area (Å²) in [5.74, 6) is 1.89. The Kier molecular flexibility index (Phi) is 3.65. The summed E-state index contributed by atoms with van der Waals surface area (Å²) in [6.45, 7) is 7.56. The predicted octanol–water partition coefficient (Wildman–Crippen LogP) is 2.96. The van der Waals surface area contributed by atoms with Crippen molar-refractivity contribution < 1.29 is 13.1 Å². The lowest BCUT2D eigenvalue weighted by Gasteiger charge is -2.05. The van der Waals surface area contributed by atoms with Crippen LogP contribution in [0.1, 0.15) is 49.4 Å². The molecule has 5 nitrogen and oxygen atoms in total. The van der Waals surface area contributed by atoms with Gasteiger partial charge in [0.05, 0.1) is 22.0 Å². The van der Waals surface area contributed by atoms with Crippen LogP contribution in [0, 0.1) is 6.92 Å². The van der Waals surface area contributed by atoms with Crippen LogP contribution in [-0.4, -0.2) is 14.3 Å². The molecule has 6 heteroatoms. The van der Waals surface area contributed by atoms with Crippen LogP contribution in [0.4, 0.5) is 0 Å². The number of nitrogens with zero attached hydrogens (tertiary/aromatic N) is 2. The number of rotatable bonds is 4. The first-order chi connectivity index (χ1) is 8.50. The minimum atomic E-state index is -1.25. The molecule has 2 aromatic heterocycles. The molecule has 0 saturated heterocycles. The van der Waals surface area contributed by atoms with E-state index in [1.54, 1.807) is 19.9 Å². The molecule has 0 aliphatic heterocycles. The second-order valence-corrected chi connectivity index (χ2v) is 6.17. The maximum Gasteiger partial charge on any atom is 0.242 e. The van der Waals surface area contributed by atoms with Crippen LogP contribution in [0.15, 0.2) is 26.2 Å². The highest BCUT2D eigenvalue weighted by Crippen LogP contribution is 2.26. The molecule has 0 spiro atoms. The third-order valence-electron chi connectivity index (χ3n) is 2.67. The van der Waals surface area contributed by atoms with Crippen molar-refractivity contribution in [3.63, 3.8) is 0 Å². The Morgan fingerprint density at radius 2 is 2.06 bits per heavy atom. The topological polar surface area (TPSA) is 69.1 Å². The van der Waals surface area contributed by atoms with Crippen molar-refractivity contribution in [3.05, 3.63) is 29.8 Å². The molecule has 2 aromatic rings. The van der Waals surface area contributed by atoms with Crippen molar-refractivity contribution in [2.24, 2.45) is 0 Å². The average Bonchev–Trinajstić information content (AvgIpc) is 2.95. The predicted molar refractivity (Wildman–Crippen MR) is 66.7 cm³/mol. The molecule has 0 aromatic carbocycles. The van der Waals surface area contributed by atoms with Crippen LogP contribution >= 0.6 is 0 Å². The van der Waals surface area contributed by atoms with Gasteiger partial charge in [-0.15, -0.1) is 0 Å². The van der Waals surface area contributed by atoms with Crippen LogP contribution < -0.4 is 0 Å². The quantitative estimate of drug-likeness (QED) is 0.852. The second-order valence-electron chi connectivity index (χ2n) is 4.43. The number of furan rings is 1. The highest BCUT2D eigenvalue weighted by atomic mass is 32.2. The minimum absolute atomic E-state index is 0.193. The molecule has 2 rings (SSSR count). The Hall–Kier alpha value is -1.43. The van der Waals surface area contributed by atoms with Crippen LogP contribution in [0.2, 0.25) is 0 Å². The van der Waals surface area contributed by atoms with E-state index in [2.05, 4.69) is 10.1 Å². The van der Waals surface area contributed by atoms with E-state index in [0.29, 0.717) is 22.4 Å². The molecule has 0 saturated carbocycles. The monoisotopic (exact) mass is 268 g/mol. The van der Waals surface area contributed by atoms with Crippen molar-refractivity contribution >= 4 is 10.8 Å². The molecule has 0 unspecified atom stereocenters. The van der Waals surface area contributed by atoms with Crippen LogP contribution in [0.5, 0.6) is 0 Å². The molecule has 98 valence electrons. The first-order valence-electron chi connectivity index (χ1n) is 5.79. The van der Waals surface area contributed by atoms with E-state index in [4.69, 9.17) is 8.94 Å². The maximum absolute atomic E-state index is 12.3. The van der Waals surface area contributed by atoms with Crippen LogP contribution in [0.25, 0.3) is 0 Å². The van der Waals surface area contributed by atoms with Gasteiger partial charge in [0, 0.05) is 5.92 Å². The SMILES string of the molecule is Cc1occc1[S@](=O)[C@H](C)c1nc(C(C)C)no1. The summed E-state index contributed by atoms with van der Waals surface area (Å²) < 4.78 is 22.6. The summed E-state index contributed by atoms with van der Waals surface area (Å²) >= 11 is 0. The summed E-state index contributed by atoms with van der Waals surface area (Å²) in [7, 11) is -1.25. The second kappa shape index (κ2) is 5.06. The zero-order chi connectivity index (χ0) is 13.3. The first kappa shape index (κ1) is 13.0. The van der Waals surface area contributed by atoms with E-state index in [9.17, 15) is 4.21 Å². The van der Waals surface area contributed by atoms with Crippen molar-refractivity contribution in [2.75, 3.05) is 0 Å². The Bertz CT molecular complexity index is 559. The van der Waals surface area contributed by atoms with E-state index in [0.717, 1.165) is 0 Å². The standard InChI is InChI=1S/C12H16N2O3S/c1-7(2)11-13-12(17-14-11)9(4)18(15)10-5-6-16-8(10)3/h5-7,9H,1-4H3/t9-,18-/m1/s1. The van der Waals surface area contributed by atoms with Crippen LogP contribution in [0.3, 0.4) is 0 Å². The fourth-order valence-corrected chi connectivity index (χ4v) is 2.69. The molecule has 0 fully saturated rings. The summed E-state index contributed by atoms with van der Waals surface area (Å²) in [6, 6.07) is 1.71. The highest BCUT2D eigenvalue weighted by molar-refractivity contribution is 7.85. The third-order valence-corrected chi connectivity index (χ3v) is 4.37. The van der Waals surface area contributed by atoms with Gasteiger partial charge in [0.15, 0.2) is 5.82 Å². The van der Waals surface area contributed by atoms with Gasteiger partial charge in [-0.25, -0.2) is 0 Å². The normalized spacial score (nSPS) is 14.9. The van der Waals surface area contributed by atoms with E-state index in [1.165, 1.54) is 6.26 Å². The molecule has 2 atom stereocenters. The van der Waals surface area contributed by atoms with Crippen molar-refractivity contribution in [3.8, 4) is 0 Å². The summed E-state index contributed by atoms with van der Waals surface area (Å²) in [4.78, 5) is 4.94. The number of aryl methyl sites for hydroxylation is 1. The fraction of sp³-hybridized carbons (Fsp3) is 0.500. The molecule has 0 N–H and O–H groups in total. The Morgan fingerprint density at radius 1 is 1.33 bits per heavy atom. The summed E-state index contributed by atoms with van der Waals surface area (Å²) in [5, 5.41) is 3.53. The first-order valence-corrected chi connectivity index (χ1v) is 7.00. The van der Waals surface area contributed by atoms with Crippen molar-refractivity contribution in [2.45, 2.75) is 43.8 Å². The van der Waals surface area contributed by atoms with Crippen molar-refractivity contribution in [1.82, 2.24) is 10.1 Å². The van der Waals surface area contributed by atoms with Crippen molar-refractivity contribution in [1.29, 1.82) is 0 Å². The molecule has 2 heterocycles. The Morgan fingerprint density at radius 3 is 2.56 bits per heavy atom. The van der Waals surface area contributed by atoms with Gasteiger partial charge in [-0.2, -0.15) is 4.98 Å². The van der Waals surface area contributed by atoms with Crippen LogP contribution in [-0.2, 0) is 10.8 Å². The van der Waals surface area contributed by atoms with Gasteiger partial charge < -0.3 is 8.94 Å². The van der Waals surface area contributed by atoms with E-state index < -0.39 is 10.8 Å². The zero-order valence-corrected chi connectivity index (χ0v) is 11.7. The molecule has 0 amide bonds. The molecular weight excluding hydrogens is 252 g/mol. The molecular formula is C12H16N2O3S. The van der Waals surface area contributed by atoms with Gasteiger partial charge >= 0.3 is 0 Å². The van der Waals surface area contributed by atoms with Gasteiger partial charge in [0.1, 0.15) is 11.0 Å². The Labute approximate surface area is 108 Å². The lowest BCUT2D eigenvalue weighted by molar-refractivity contribution is 0.371. The third kappa shape index (κ3) is 2.38. The number of hydrogen-bond acceptors (Lipinski definition) is 5. The van der Waals surface area contributed by atoms with Gasteiger partial charge in [-0.05, 0) is 19.9 Å². The van der Waals surface area contributed by atoms with Gasteiger partial charge in [0.25, 0.3) is 0 Å². The number of hydrogen-bond donors (Lipinski definition) is 0. The van der Waals surface area contributed by atoms with E-state index >= 15 is 0 Å². The molecule has 0 aliphatic carbocycles. The molecule has 18 heavy (non-hydrogen) atoms. The molecule has 0 bridgehead atoms. The van der Waals surface area contributed by atoms with E-state index in [1.807, 2.05) is 13.8 Å². The van der Waals surface area contributed by atoms with Gasteiger partial charge in [-0.1, -0.05) is 19.0 Å². The largest absolute Gasteiger partial charge is 0.468 e. The smallest absolute Gasteiger partial charge is 0.242 e. The van der Waals surface area contributed by atoms with Gasteiger partial charge in [0.2, 0.25) is 5.89 Å². The molecule has 0 radical (unpaired) electrons. The fourth-order valence-electron chi connectivity index (χ4n) is 1.51. The lowest BCUT2D eigenvalue weighted by Crippen LogP contribution is -2.04. The average molecular weight is 268 g/mol. The van der Waals surface area contributed by atoms with Gasteiger partial charge in [-0.3, -0.25) is 4.21 Å². The number of aromatic nitrogens is 2. The zero-order valence-electron chi connectivity index (χ0n) is 10.8. The summed E-state index contributed by atoms with van der Waals surface area (Å²) in [5.41, 5.74) is 0. The van der Waals surface area contributed by atoms with E-state index in [-0.39, 0.29) is 11.2 Å².